The second kappa shape index (κ2) is 7.52. The molecule has 2 rings (SSSR count). The summed E-state index contributed by atoms with van der Waals surface area (Å²) in [5.74, 6) is -0.511. The average Bonchev–Trinajstić information content (AvgIpc) is 2.53. The van der Waals surface area contributed by atoms with Crippen LogP contribution in [-0.2, 0) is 12.6 Å². The van der Waals surface area contributed by atoms with E-state index in [9.17, 15) is 22.8 Å². The summed E-state index contributed by atoms with van der Waals surface area (Å²) in [6, 6.07) is 5.83. The van der Waals surface area contributed by atoms with Crippen molar-refractivity contribution in [2.45, 2.75) is 17.8 Å². The lowest BCUT2D eigenvalue weighted by atomic mass is 10.1. The number of benzene rings is 1. The van der Waals surface area contributed by atoms with E-state index in [1.165, 1.54) is 23.9 Å². The van der Waals surface area contributed by atoms with Gasteiger partial charge in [0.25, 0.3) is 11.5 Å². The lowest BCUT2D eigenvalue weighted by Crippen LogP contribution is -2.28. The minimum atomic E-state index is -4.37. The minimum Gasteiger partial charge on any atom is -0.350 e. The minimum absolute atomic E-state index is 0.00415. The third-order valence-electron chi connectivity index (χ3n) is 3.13. The predicted octanol–water partition coefficient (Wildman–Crippen LogP) is 2.48. The number of carbonyl (C=O) groups is 1. The van der Waals surface area contributed by atoms with Crippen LogP contribution in [0.1, 0.15) is 21.6 Å². The zero-order chi connectivity index (χ0) is 17.7. The van der Waals surface area contributed by atoms with Gasteiger partial charge in [-0.3, -0.25) is 9.59 Å². The summed E-state index contributed by atoms with van der Waals surface area (Å²) in [5.41, 5.74) is -0.489. The molecule has 0 atom stereocenters. The highest BCUT2D eigenvalue weighted by Gasteiger charge is 2.29. The zero-order valence-electron chi connectivity index (χ0n) is 12.6. The van der Waals surface area contributed by atoms with Gasteiger partial charge in [-0.15, -0.1) is 0 Å². The number of nitrogens with zero attached hydrogens (tertiary/aromatic N) is 1. The summed E-state index contributed by atoms with van der Waals surface area (Å²) in [6.07, 6.45) is -2.29. The van der Waals surface area contributed by atoms with E-state index in [4.69, 9.17) is 0 Å². The molecule has 0 spiro atoms. The van der Waals surface area contributed by atoms with Gasteiger partial charge in [-0.2, -0.15) is 13.2 Å². The maximum absolute atomic E-state index is 12.5. The molecule has 1 amide bonds. The fourth-order valence-corrected chi connectivity index (χ4v) is 2.31. The first kappa shape index (κ1) is 18.1. The van der Waals surface area contributed by atoms with E-state index in [1.807, 2.05) is 0 Å². The van der Waals surface area contributed by atoms with Crippen molar-refractivity contribution in [3.63, 3.8) is 0 Å². The number of amides is 1. The topological polar surface area (TPSA) is 74.8 Å². The summed E-state index contributed by atoms with van der Waals surface area (Å²) < 4.78 is 37.4. The molecule has 0 unspecified atom stereocenters. The van der Waals surface area contributed by atoms with E-state index in [1.54, 1.807) is 6.26 Å². The van der Waals surface area contributed by atoms with Crippen molar-refractivity contribution >= 4 is 17.7 Å². The van der Waals surface area contributed by atoms with Gasteiger partial charge < -0.3 is 10.3 Å². The standard InChI is InChI=1S/C15H14F3N3O2S/c1-24-14-20-11(8-12(22)21-14)13(23)19-7-6-9-2-4-10(5-3-9)15(16,17)18/h2-5,8H,6-7H2,1H3,(H,19,23)(H,20,21,22). The lowest BCUT2D eigenvalue weighted by molar-refractivity contribution is -0.137. The van der Waals surface area contributed by atoms with Crippen molar-refractivity contribution in [1.29, 1.82) is 0 Å². The molecule has 0 aliphatic heterocycles. The number of halogens is 3. The van der Waals surface area contributed by atoms with Crippen molar-refractivity contribution in [2.24, 2.45) is 0 Å². The number of hydrogen-bond acceptors (Lipinski definition) is 4. The predicted molar refractivity (Wildman–Crippen MR) is 84.1 cm³/mol. The number of carbonyl (C=O) groups excluding carboxylic acids is 1. The molecule has 5 nitrogen and oxygen atoms in total. The molecule has 0 aliphatic carbocycles. The molecule has 0 aliphatic rings. The Morgan fingerprint density at radius 3 is 2.54 bits per heavy atom. The highest BCUT2D eigenvalue weighted by molar-refractivity contribution is 7.98. The van der Waals surface area contributed by atoms with Gasteiger partial charge in [-0.25, -0.2) is 4.98 Å². The van der Waals surface area contributed by atoms with Crippen LogP contribution < -0.4 is 10.9 Å². The van der Waals surface area contributed by atoms with Crippen molar-refractivity contribution in [3.05, 3.63) is 57.5 Å². The quantitative estimate of drug-likeness (QED) is 0.637. The number of aromatic amines is 1. The third kappa shape index (κ3) is 4.85. The van der Waals surface area contributed by atoms with Crippen LogP contribution in [0.3, 0.4) is 0 Å². The van der Waals surface area contributed by atoms with Gasteiger partial charge >= 0.3 is 6.18 Å². The normalized spacial score (nSPS) is 11.3. The van der Waals surface area contributed by atoms with Crippen LogP contribution in [0.15, 0.2) is 40.3 Å². The smallest absolute Gasteiger partial charge is 0.350 e. The van der Waals surface area contributed by atoms with Gasteiger partial charge in [0.1, 0.15) is 5.69 Å². The molecule has 9 heteroatoms. The Kier molecular flexibility index (Phi) is 5.66. The number of aromatic nitrogens is 2. The molecule has 0 radical (unpaired) electrons. The number of hydrogen-bond donors (Lipinski definition) is 2. The molecule has 1 aromatic carbocycles. The highest BCUT2D eigenvalue weighted by Crippen LogP contribution is 2.29. The summed E-state index contributed by atoms with van der Waals surface area (Å²) in [7, 11) is 0. The first-order valence-corrected chi connectivity index (χ1v) is 8.12. The van der Waals surface area contributed by atoms with Gasteiger partial charge in [0.05, 0.1) is 5.56 Å². The lowest BCUT2D eigenvalue weighted by Gasteiger charge is -2.08. The Hall–Kier alpha value is -2.29. The van der Waals surface area contributed by atoms with Crippen LogP contribution >= 0.6 is 11.8 Å². The fraction of sp³-hybridized carbons (Fsp3) is 0.267. The van der Waals surface area contributed by atoms with Crippen LogP contribution in [0.5, 0.6) is 0 Å². The fourth-order valence-electron chi connectivity index (χ4n) is 1.92. The van der Waals surface area contributed by atoms with Gasteiger partial charge in [0.15, 0.2) is 5.16 Å². The Labute approximate surface area is 139 Å². The third-order valence-corrected chi connectivity index (χ3v) is 3.71. The Balaban J connectivity index is 1.93. The number of rotatable bonds is 5. The molecule has 128 valence electrons. The molecule has 2 aromatic rings. The molecule has 0 saturated carbocycles. The number of nitrogens with one attached hydrogen (secondary N) is 2. The van der Waals surface area contributed by atoms with E-state index in [0.717, 1.165) is 18.2 Å². The van der Waals surface area contributed by atoms with E-state index in [2.05, 4.69) is 15.3 Å². The van der Waals surface area contributed by atoms with Crippen LogP contribution in [0.25, 0.3) is 0 Å². The van der Waals surface area contributed by atoms with Crippen molar-refractivity contribution in [1.82, 2.24) is 15.3 Å². The van der Waals surface area contributed by atoms with Gasteiger partial charge in [0, 0.05) is 12.6 Å². The average molecular weight is 357 g/mol. The Morgan fingerprint density at radius 1 is 1.29 bits per heavy atom. The summed E-state index contributed by atoms with van der Waals surface area (Å²) >= 11 is 1.20. The first-order chi connectivity index (χ1) is 11.3. The van der Waals surface area contributed by atoms with Gasteiger partial charge in [-0.1, -0.05) is 23.9 Å². The number of alkyl halides is 3. The SMILES string of the molecule is CSc1nc(C(=O)NCCc2ccc(C(F)(F)F)cc2)cc(=O)[nH]1. The largest absolute Gasteiger partial charge is 0.416 e. The number of H-pyrrole nitrogens is 1. The van der Waals surface area contributed by atoms with Crippen molar-refractivity contribution < 1.29 is 18.0 Å². The summed E-state index contributed by atoms with van der Waals surface area (Å²) in [5, 5.41) is 2.91. The molecule has 2 N–H and O–H groups in total. The molecular weight excluding hydrogens is 343 g/mol. The van der Waals surface area contributed by atoms with Crippen LogP contribution in [0.4, 0.5) is 13.2 Å². The second-order valence-electron chi connectivity index (χ2n) is 4.84. The zero-order valence-corrected chi connectivity index (χ0v) is 13.4. The van der Waals surface area contributed by atoms with Gasteiger partial charge in [0.2, 0.25) is 0 Å². The summed E-state index contributed by atoms with van der Waals surface area (Å²) in [6.45, 7) is 0.216. The highest BCUT2D eigenvalue weighted by atomic mass is 32.2. The molecule has 0 bridgehead atoms. The van der Waals surface area contributed by atoms with Crippen LogP contribution in [0.2, 0.25) is 0 Å². The Bertz CT molecular complexity index is 773. The monoisotopic (exact) mass is 357 g/mol. The van der Waals surface area contributed by atoms with Crippen molar-refractivity contribution in [3.8, 4) is 0 Å². The Morgan fingerprint density at radius 2 is 1.96 bits per heavy atom. The number of thioether (sulfide) groups is 1. The van der Waals surface area contributed by atoms with Crippen LogP contribution in [-0.4, -0.2) is 28.7 Å². The molecular formula is C15H14F3N3O2S. The van der Waals surface area contributed by atoms with Crippen LogP contribution in [0, 0.1) is 0 Å². The molecule has 1 aromatic heterocycles. The van der Waals surface area contributed by atoms with E-state index in [0.29, 0.717) is 17.1 Å². The van der Waals surface area contributed by atoms with E-state index >= 15 is 0 Å². The molecule has 0 saturated heterocycles. The maximum atomic E-state index is 12.5. The van der Waals surface area contributed by atoms with E-state index in [-0.39, 0.29) is 12.2 Å². The second-order valence-corrected chi connectivity index (χ2v) is 5.64. The molecule has 0 fully saturated rings. The molecule has 24 heavy (non-hydrogen) atoms. The summed E-state index contributed by atoms with van der Waals surface area (Å²) in [4.78, 5) is 29.8. The van der Waals surface area contributed by atoms with E-state index < -0.39 is 23.2 Å². The molecule has 1 heterocycles. The first-order valence-electron chi connectivity index (χ1n) is 6.89. The van der Waals surface area contributed by atoms with Crippen molar-refractivity contribution in [2.75, 3.05) is 12.8 Å². The van der Waals surface area contributed by atoms with Gasteiger partial charge in [-0.05, 0) is 30.4 Å². The maximum Gasteiger partial charge on any atom is 0.416 e.